The molecule has 0 bridgehead atoms. The molecule has 2 nitrogen and oxygen atoms in total. The van der Waals surface area contributed by atoms with Crippen molar-refractivity contribution in [3.63, 3.8) is 0 Å². The maximum Gasteiger partial charge on any atom is 0.194 e. The quantitative estimate of drug-likeness (QED) is 0.467. The van der Waals surface area contributed by atoms with Crippen LogP contribution in [0, 0.1) is 0 Å². The molecule has 0 aliphatic heterocycles. The molecular weight excluding hydrogens is 308 g/mol. The van der Waals surface area contributed by atoms with Crippen molar-refractivity contribution in [2.45, 2.75) is 19.3 Å². The molecule has 0 amide bonds. The molecule has 0 saturated heterocycles. The van der Waals surface area contributed by atoms with Gasteiger partial charge in [-0.1, -0.05) is 62.4 Å². The molecule has 2 aliphatic rings. The summed E-state index contributed by atoms with van der Waals surface area (Å²) < 4.78 is 0. The molecule has 25 heavy (non-hydrogen) atoms. The van der Waals surface area contributed by atoms with Crippen LogP contribution in [0.25, 0.3) is 11.1 Å². The molecule has 2 aliphatic carbocycles. The Labute approximate surface area is 146 Å². The lowest BCUT2D eigenvalue weighted by atomic mass is 9.78. The van der Waals surface area contributed by atoms with Gasteiger partial charge in [0.1, 0.15) is 0 Å². The lowest BCUT2D eigenvalue weighted by Crippen LogP contribution is -2.22. The normalized spacial score (nSPS) is 16.1. The third kappa shape index (κ3) is 1.69. The van der Waals surface area contributed by atoms with E-state index in [1.54, 1.807) is 18.2 Å². The van der Waals surface area contributed by atoms with E-state index in [1.165, 1.54) is 5.56 Å². The van der Waals surface area contributed by atoms with Crippen molar-refractivity contribution in [2.75, 3.05) is 0 Å². The van der Waals surface area contributed by atoms with Crippen LogP contribution in [0.1, 0.15) is 56.8 Å². The van der Waals surface area contributed by atoms with E-state index < -0.39 is 0 Å². The van der Waals surface area contributed by atoms with Crippen LogP contribution in [0.15, 0.2) is 60.7 Å². The van der Waals surface area contributed by atoms with E-state index in [9.17, 15) is 9.59 Å². The molecule has 3 aromatic carbocycles. The van der Waals surface area contributed by atoms with Gasteiger partial charge in [0, 0.05) is 27.7 Å². The maximum atomic E-state index is 13.0. The zero-order valence-corrected chi connectivity index (χ0v) is 14.1. The highest BCUT2D eigenvalue weighted by molar-refractivity contribution is 6.28. The second-order valence-corrected chi connectivity index (χ2v) is 7.32. The van der Waals surface area contributed by atoms with E-state index >= 15 is 0 Å². The minimum Gasteiger partial charge on any atom is -0.289 e. The minimum atomic E-state index is -0.179. The molecule has 0 fully saturated rings. The highest BCUT2D eigenvalue weighted by Gasteiger charge is 2.39. The van der Waals surface area contributed by atoms with Gasteiger partial charge in [-0.15, -0.1) is 0 Å². The summed E-state index contributed by atoms with van der Waals surface area (Å²) >= 11 is 0. The van der Waals surface area contributed by atoms with Crippen molar-refractivity contribution in [1.82, 2.24) is 0 Å². The van der Waals surface area contributed by atoms with E-state index in [2.05, 4.69) is 26.0 Å². The molecule has 0 spiro atoms. The molecule has 5 rings (SSSR count). The SMILES string of the molecule is CC1(C)c2ccccc2-c2cc3c(cc21)C(=O)c1ccccc1C3=O. The van der Waals surface area contributed by atoms with Gasteiger partial charge in [-0.05, 0) is 34.4 Å². The minimum absolute atomic E-state index is 0.0558. The topological polar surface area (TPSA) is 34.1 Å². The van der Waals surface area contributed by atoms with Gasteiger partial charge < -0.3 is 0 Å². The van der Waals surface area contributed by atoms with Crippen LogP contribution in [0.5, 0.6) is 0 Å². The van der Waals surface area contributed by atoms with Gasteiger partial charge in [-0.25, -0.2) is 0 Å². The van der Waals surface area contributed by atoms with Crippen molar-refractivity contribution < 1.29 is 9.59 Å². The van der Waals surface area contributed by atoms with Crippen LogP contribution in [0.2, 0.25) is 0 Å². The molecule has 120 valence electrons. The zero-order chi connectivity index (χ0) is 17.3. The Kier molecular flexibility index (Phi) is 2.61. The molecule has 0 aromatic heterocycles. The molecular formula is C23H16O2. The average Bonchev–Trinajstić information content (AvgIpc) is 2.86. The Balaban J connectivity index is 1.84. The fourth-order valence-corrected chi connectivity index (χ4v) is 4.29. The average molecular weight is 324 g/mol. The van der Waals surface area contributed by atoms with Crippen molar-refractivity contribution in [3.05, 3.63) is 94.0 Å². The molecule has 0 saturated carbocycles. The van der Waals surface area contributed by atoms with E-state index in [0.29, 0.717) is 22.3 Å². The predicted molar refractivity (Wildman–Crippen MR) is 97.3 cm³/mol. The first kappa shape index (κ1) is 14.4. The summed E-state index contributed by atoms with van der Waals surface area (Å²) in [5, 5.41) is 0. The van der Waals surface area contributed by atoms with Gasteiger partial charge in [0.25, 0.3) is 0 Å². The van der Waals surface area contributed by atoms with Crippen molar-refractivity contribution in [3.8, 4) is 11.1 Å². The van der Waals surface area contributed by atoms with Crippen LogP contribution < -0.4 is 0 Å². The summed E-state index contributed by atoms with van der Waals surface area (Å²) in [6.07, 6.45) is 0. The van der Waals surface area contributed by atoms with Crippen molar-refractivity contribution >= 4 is 11.6 Å². The summed E-state index contributed by atoms with van der Waals surface area (Å²) in [7, 11) is 0. The van der Waals surface area contributed by atoms with E-state index in [4.69, 9.17) is 0 Å². The highest BCUT2D eigenvalue weighted by atomic mass is 16.1. The second-order valence-electron chi connectivity index (χ2n) is 7.32. The Morgan fingerprint density at radius 3 is 1.72 bits per heavy atom. The number of hydrogen-bond donors (Lipinski definition) is 0. The molecule has 0 N–H and O–H groups in total. The Hall–Kier alpha value is -3.00. The Morgan fingerprint density at radius 2 is 1.08 bits per heavy atom. The fourth-order valence-electron chi connectivity index (χ4n) is 4.29. The lowest BCUT2D eigenvalue weighted by Gasteiger charge is -2.24. The van der Waals surface area contributed by atoms with Gasteiger partial charge in [0.15, 0.2) is 11.6 Å². The summed E-state index contributed by atoms with van der Waals surface area (Å²) in [4.78, 5) is 26.0. The summed E-state index contributed by atoms with van der Waals surface area (Å²) in [5.74, 6) is -0.116. The first-order valence-corrected chi connectivity index (χ1v) is 8.47. The van der Waals surface area contributed by atoms with E-state index in [0.717, 1.165) is 16.7 Å². The van der Waals surface area contributed by atoms with Gasteiger partial charge in [0.05, 0.1) is 0 Å². The third-order valence-corrected chi connectivity index (χ3v) is 5.63. The first-order chi connectivity index (χ1) is 12.0. The molecule has 0 radical (unpaired) electrons. The van der Waals surface area contributed by atoms with Gasteiger partial charge in [-0.3, -0.25) is 9.59 Å². The van der Waals surface area contributed by atoms with Gasteiger partial charge >= 0.3 is 0 Å². The number of fused-ring (bicyclic) bond motifs is 5. The maximum absolute atomic E-state index is 13.0. The van der Waals surface area contributed by atoms with Crippen LogP contribution in [-0.4, -0.2) is 11.6 Å². The third-order valence-electron chi connectivity index (χ3n) is 5.63. The van der Waals surface area contributed by atoms with Crippen LogP contribution in [0.3, 0.4) is 0 Å². The molecule has 0 heterocycles. The predicted octanol–water partition coefficient (Wildman–Crippen LogP) is 4.77. The Morgan fingerprint density at radius 1 is 0.560 bits per heavy atom. The van der Waals surface area contributed by atoms with Gasteiger partial charge in [-0.2, -0.15) is 0 Å². The van der Waals surface area contributed by atoms with Crippen LogP contribution in [0.4, 0.5) is 0 Å². The summed E-state index contributed by atoms with van der Waals surface area (Å²) in [6.45, 7) is 4.35. The number of carbonyl (C=O) groups excluding carboxylic acids is 2. The molecule has 0 unspecified atom stereocenters. The summed E-state index contributed by atoms with van der Waals surface area (Å²) in [6, 6.07) is 19.3. The van der Waals surface area contributed by atoms with E-state index in [1.807, 2.05) is 30.3 Å². The lowest BCUT2D eigenvalue weighted by molar-refractivity contribution is 0.0979. The second kappa shape index (κ2) is 4.54. The summed E-state index contributed by atoms with van der Waals surface area (Å²) in [5.41, 5.74) is 6.47. The highest BCUT2D eigenvalue weighted by Crippen LogP contribution is 2.50. The van der Waals surface area contributed by atoms with E-state index in [-0.39, 0.29) is 17.0 Å². The number of carbonyl (C=O) groups is 2. The van der Waals surface area contributed by atoms with Crippen molar-refractivity contribution in [1.29, 1.82) is 0 Å². The number of rotatable bonds is 0. The van der Waals surface area contributed by atoms with Gasteiger partial charge in [0.2, 0.25) is 0 Å². The Bertz CT molecular complexity index is 1100. The monoisotopic (exact) mass is 324 g/mol. The van der Waals surface area contributed by atoms with Crippen LogP contribution >= 0.6 is 0 Å². The van der Waals surface area contributed by atoms with Crippen molar-refractivity contribution in [2.24, 2.45) is 0 Å². The number of benzene rings is 3. The number of hydrogen-bond acceptors (Lipinski definition) is 2. The molecule has 3 aromatic rings. The molecule has 0 atom stereocenters. The van der Waals surface area contributed by atoms with Crippen LogP contribution in [-0.2, 0) is 5.41 Å². The smallest absolute Gasteiger partial charge is 0.194 e. The first-order valence-electron chi connectivity index (χ1n) is 8.47. The molecule has 2 heteroatoms. The zero-order valence-electron chi connectivity index (χ0n) is 14.1. The standard InChI is InChI=1S/C23H16O2/c1-23(2)19-10-6-5-7-13(19)16-11-17-18(12-20(16)23)22(25)15-9-4-3-8-14(15)21(17)24/h3-12H,1-2H3. The largest absolute Gasteiger partial charge is 0.289 e. The fraction of sp³-hybridized carbons (Fsp3) is 0.130. The number of ketones is 2.